The van der Waals surface area contributed by atoms with Gasteiger partial charge in [-0.2, -0.15) is 0 Å². The van der Waals surface area contributed by atoms with Crippen molar-refractivity contribution >= 4 is 11.8 Å². The normalized spacial score (nSPS) is 14.4. The molecule has 1 aliphatic rings. The molecule has 2 heterocycles. The number of nitrogens with one attached hydrogen (secondary N) is 2. The van der Waals surface area contributed by atoms with Gasteiger partial charge in [0.1, 0.15) is 5.56 Å². The number of amides is 2. The molecule has 154 valence electrons. The first-order valence-electron chi connectivity index (χ1n) is 9.92. The van der Waals surface area contributed by atoms with Crippen LogP contribution >= 0.6 is 0 Å². The molecular weight excluding hydrogens is 370 g/mol. The summed E-state index contributed by atoms with van der Waals surface area (Å²) in [4.78, 5) is 41.3. The fourth-order valence-electron chi connectivity index (χ4n) is 3.44. The van der Waals surface area contributed by atoms with E-state index < -0.39 is 11.5 Å². The largest absolute Gasteiger partial charge is 0.381 e. The van der Waals surface area contributed by atoms with Crippen LogP contribution in [-0.4, -0.2) is 48.5 Å². The smallest absolute Gasteiger partial charge is 0.260 e. The number of benzene rings is 1. The molecule has 0 atom stereocenters. The van der Waals surface area contributed by atoms with Crippen LogP contribution in [0.3, 0.4) is 0 Å². The minimum atomic E-state index is -0.506. The molecule has 0 unspecified atom stereocenters. The van der Waals surface area contributed by atoms with Crippen molar-refractivity contribution in [2.24, 2.45) is 5.92 Å². The monoisotopic (exact) mass is 397 g/mol. The minimum Gasteiger partial charge on any atom is -0.381 e. The number of hydrogen-bond donors (Lipinski definition) is 2. The molecule has 1 fully saturated rings. The number of hydrogen-bond acceptors (Lipinski definition) is 4. The molecule has 0 bridgehead atoms. The summed E-state index contributed by atoms with van der Waals surface area (Å²) in [5.74, 6) is -0.163. The Morgan fingerprint density at radius 1 is 1.21 bits per heavy atom. The van der Waals surface area contributed by atoms with Crippen LogP contribution < -0.4 is 10.9 Å². The average molecular weight is 397 g/mol. The zero-order valence-electron chi connectivity index (χ0n) is 16.6. The Morgan fingerprint density at radius 3 is 2.66 bits per heavy atom. The van der Waals surface area contributed by atoms with E-state index in [1.165, 1.54) is 17.2 Å². The van der Waals surface area contributed by atoms with Gasteiger partial charge < -0.3 is 19.9 Å². The summed E-state index contributed by atoms with van der Waals surface area (Å²) < 4.78 is 5.34. The highest BCUT2D eigenvalue weighted by molar-refractivity contribution is 5.99. The van der Waals surface area contributed by atoms with E-state index in [4.69, 9.17) is 4.74 Å². The molecule has 1 saturated heterocycles. The second-order valence-electron chi connectivity index (χ2n) is 7.38. The van der Waals surface area contributed by atoms with E-state index in [2.05, 4.69) is 10.3 Å². The maximum absolute atomic E-state index is 12.7. The standard InChI is InChI=1S/C22H27N3O4/c1-25(15-17-5-3-2-4-6-17)22(28)19-13-18(14-24-21(19)27)20(26)23-10-7-16-8-11-29-12-9-16/h2-6,13-14,16H,7-12,15H2,1H3,(H,23,26)(H,24,27). The third-order valence-corrected chi connectivity index (χ3v) is 5.18. The van der Waals surface area contributed by atoms with E-state index in [1.807, 2.05) is 30.3 Å². The van der Waals surface area contributed by atoms with Crippen LogP contribution in [0.15, 0.2) is 47.4 Å². The van der Waals surface area contributed by atoms with Crippen LogP contribution in [0.1, 0.15) is 45.5 Å². The van der Waals surface area contributed by atoms with Crippen molar-refractivity contribution in [3.05, 3.63) is 69.6 Å². The minimum absolute atomic E-state index is 0.0412. The molecule has 0 radical (unpaired) electrons. The Labute approximate surface area is 170 Å². The number of H-pyrrole nitrogens is 1. The second kappa shape index (κ2) is 10.0. The summed E-state index contributed by atoms with van der Waals surface area (Å²) in [5, 5.41) is 2.87. The van der Waals surface area contributed by atoms with Crippen molar-refractivity contribution in [1.82, 2.24) is 15.2 Å². The lowest BCUT2D eigenvalue weighted by atomic mass is 9.97. The van der Waals surface area contributed by atoms with Crippen molar-refractivity contribution in [3.63, 3.8) is 0 Å². The number of pyridine rings is 1. The van der Waals surface area contributed by atoms with Crippen LogP contribution in [0, 0.1) is 5.92 Å². The second-order valence-corrected chi connectivity index (χ2v) is 7.38. The van der Waals surface area contributed by atoms with E-state index in [-0.39, 0.29) is 17.0 Å². The molecule has 0 spiro atoms. The van der Waals surface area contributed by atoms with Crippen molar-refractivity contribution in [3.8, 4) is 0 Å². The summed E-state index contributed by atoms with van der Waals surface area (Å²) in [6.07, 6.45) is 4.27. The Hall–Kier alpha value is -2.93. The first-order valence-corrected chi connectivity index (χ1v) is 9.92. The molecule has 7 nitrogen and oxygen atoms in total. The van der Waals surface area contributed by atoms with E-state index >= 15 is 0 Å². The third-order valence-electron chi connectivity index (χ3n) is 5.18. The molecule has 2 amide bonds. The molecule has 2 aromatic rings. The first kappa shape index (κ1) is 20.8. The molecule has 2 N–H and O–H groups in total. The Balaban J connectivity index is 1.61. The fraction of sp³-hybridized carbons (Fsp3) is 0.409. The molecule has 3 rings (SSSR count). The topological polar surface area (TPSA) is 91.5 Å². The van der Waals surface area contributed by atoms with Gasteiger partial charge in [-0.05, 0) is 36.8 Å². The van der Waals surface area contributed by atoms with E-state index in [0.29, 0.717) is 19.0 Å². The molecule has 1 aromatic carbocycles. The van der Waals surface area contributed by atoms with Crippen molar-refractivity contribution < 1.29 is 14.3 Å². The third kappa shape index (κ3) is 5.77. The number of ether oxygens (including phenoxy) is 1. The van der Waals surface area contributed by atoms with Gasteiger partial charge in [0.15, 0.2) is 0 Å². The lowest BCUT2D eigenvalue weighted by Gasteiger charge is -2.21. The number of carbonyl (C=O) groups excluding carboxylic acids is 2. The number of aromatic amines is 1. The van der Waals surface area contributed by atoms with Crippen molar-refractivity contribution in [2.45, 2.75) is 25.8 Å². The SMILES string of the molecule is CN(Cc1ccccc1)C(=O)c1cc(C(=O)NCCC2CCOCC2)c[nH]c1=O. The van der Waals surface area contributed by atoms with Crippen molar-refractivity contribution in [1.29, 1.82) is 0 Å². The van der Waals surface area contributed by atoms with Crippen LogP contribution in [-0.2, 0) is 11.3 Å². The number of carbonyl (C=O) groups is 2. The summed E-state index contributed by atoms with van der Waals surface area (Å²) in [6.45, 7) is 2.49. The van der Waals surface area contributed by atoms with Crippen LogP contribution in [0.5, 0.6) is 0 Å². The van der Waals surface area contributed by atoms with Crippen LogP contribution in [0.25, 0.3) is 0 Å². The molecule has 7 heteroatoms. The number of aromatic nitrogens is 1. The lowest BCUT2D eigenvalue weighted by molar-refractivity contribution is 0.0636. The van der Waals surface area contributed by atoms with Gasteiger partial charge in [0.25, 0.3) is 17.4 Å². The summed E-state index contributed by atoms with van der Waals surface area (Å²) in [5.41, 5.74) is 0.684. The van der Waals surface area contributed by atoms with E-state index in [0.717, 1.165) is 38.0 Å². The van der Waals surface area contributed by atoms with E-state index in [1.54, 1.807) is 7.05 Å². The zero-order valence-corrected chi connectivity index (χ0v) is 16.6. The van der Waals surface area contributed by atoms with Gasteiger partial charge >= 0.3 is 0 Å². The number of rotatable bonds is 7. The highest BCUT2D eigenvalue weighted by Crippen LogP contribution is 2.17. The predicted octanol–water partition coefficient (Wildman–Crippen LogP) is 2.19. The van der Waals surface area contributed by atoms with Crippen molar-refractivity contribution in [2.75, 3.05) is 26.8 Å². The average Bonchev–Trinajstić information content (AvgIpc) is 2.75. The molecular formula is C22H27N3O4. The maximum atomic E-state index is 12.7. The van der Waals surface area contributed by atoms with Gasteiger partial charge in [0.2, 0.25) is 0 Å². The number of nitrogens with zero attached hydrogens (tertiary/aromatic N) is 1. The molecule has 29 heavy (non-hydrogen) atoms. The highest BCUT2D eigenvalue weighted by atomic mass is 16.5. The maximum Gasteiger partial charge on any atom is 0.260 e. The Kier molecular flexibility index (Phi) is 7.19. The van der Waals surface area contributed by atoms with Gasteiger partial charge in [0.05, 0.1) is 5.56 Å². The zero-order chi connectivity index (χ0) is 20.6. The molecule has 0 saturated carbocycles. The summed E-state index contributed by atoms with van der Waals surface area (Å²) >= 11 is 0. The molecule has 0 aliphatic carbocycles. The van der Waals surface area contributed by atoms with E-state index in [9.17, 15) is 14.4 Å². The van der Waals surface area contributed by atoms with Gasteiger partial charge in [-0.1, -0.05) is 30.3 Å². The van der Waals surface area contributed by atoms with Gasteiger partial charge in [-0.25, -0.2) is 0 Å². The predicted molar refractivity (Wildman–Crippen MR) is 110 cm³/mol. The molecule has 1 aliphatic heterocycles. The fourth-order valence-corrected chi connectivity index (χ4v) is 3.44. The van der Waals surface area contributed by atoms with Crippen LogP contribution in [0.2, 0.25) is 0 Å². The quantitative estimate of drug-likeness (QED) is 0.749. The highest BCUT2D eigenvalue weighted by Gasteiger charge is 2.19. The molecule has 1 aromatic heterocycles. The van der Waals surface area contributed by atoms with Crippen LogP contribution in [0.4, 0.5) is 0 Å². The first-order chi connectivity index (χ1) is 14.0. The lowest BCUT2D eigenvalue weighted by Crippen LogP contribution is -2.33. The Morgan fingerprint density at radius 2 is 1.93 bits per heavy atom. The summed E-state index contributed by atoms with van der Waals surface area (Å²) in [7, 11) is 1.63. The van der Waals surface area contributed by atoms with Gasteiger partial charge in [-0.3, -0.25) is 14.4 Å². The summed E-state index contributed by atoms with van der Waals surface area (Å²) in [6, 6.07) is 10.9. The van der Waals surface area contributed by atoms with Gasteiger partial charge in [-0.15, -0.1) is 0 Å². The van der Waals surface area contributed by atoms with Gasteiger partial charge in [0, 0.05) is 39.5 Å². The Bertz CT molecular complexity index is 888.